The van der Waals surface area contributed by atoms with Crippen LogP contribution < -0.4 is 4.74 Å². The summed E-state index contributed by atoms with van der Waals surface area (Å²) in [5.41, 5.74) is 0. The topological polar surface area (TPSA) is 26.3 Å². The van der Waals surface area contributed by atoms with E-state index in [0.717, 1.165) is 5.75 Å². The molecule has 2 heteroatoms. The maximum atomic E-state index is 9.06. The van der Waals surface area contributed by atoms with Crippen molar-refractivity contribution >= 4 is 6.29 Å². The maximum Gasteiger partial charge on any atom is 0.142 e. The molecule has 0 heterocycles. The number of ether oxygens (including phenoxy) is 1. The van der Waals surface area contributed by atoms with Gasteiger partial charge in [0.1, 0.15) is 12.0 Å². The summed E-state index contributed by atoms with van der Waals surface area (Å²) in [6.07, 6.45) is 1.83. The first-order chi connectivity index (χ1) is 5.85. The minimum absolute atomic E-state index is 0.639. The van der Waals surface area contributed by atoms with E-state index in [2.05, 4.69) is 6.58 Å². The first-order valence-electron chi connectivity index (χ1n) is 3.50. The molecule has 2 nitrogen and oxygen atoms in total. The molecule has 0 aliphatic carbocycles. The van der Waals surface area contributed by atoms with Gasteiger partial charge in [0.2, 0.25) is 0 Å². The summed E-state index contributed by atoms with van der Waals surface area (Å²) in [4.78, 5) is 9.06. The molecule has 1 aromatic carbocycles. The second-order valence-electron chi connectivity index (χ2n) is 1.89. The number of hydrogen-bond acceptors (Lipinski definition) is 2. The quantitative estimate of drug-likeness (QED) is 0.494. The van der Waals surface area contributed by atoms with E-state index in [1.54, 1.807) is 7.11 Å². The second kappa shape index (κ2) is 7.54. The van der Waals surface area contributed by atoms with E-state index in [-0.39, 0.29) is 0 Å². The molecule has 0 radical (unpaired) electrons. The van der Waals surface area contributed by atoms with Gasteiger partial charge in [0, 0.05) is 0 Å². The van der Waals surface area contributed by atoms with Gasteiger partial charge in [-0.05, 0) is 18.2 Å². The molecule has 64 valence electrons. The number of rotatable bonds is 2. The summed E-state index contributed by atoms with van der Waals surface area (Å²) in [5, 5.41) is 0. The fourth-order valence-electron chi connectivity index (χ4n) is 0.557. The molecular formula is C10H12O2. The molecule has 0 bridgehead atoms. The smallest absolute Gasteiger partial charge is 0.142 e. The van der Waals surface area contributed by atoms with Crippen LogP contribution in [0.3, 0.4) is 0 Å². The first kappa shape index (κ1) is 10.4. The summed E-state index contributed by atoms with van der Waals surface area (Å²) in [6, 6.07) is 9.68. The SMILES string of the molecule is C=CC=O.COc1ccccc1. The van der Waals surface area contributed by atoms with E-state index in [1.807, 2.05) is 30.3 Å². The van der Waals surface area contributed by atoms with Crippen molar-refractivity contribution in [1.82, 2.24) is 0 Å². The highest BCUT2D eigenvalue weighted by Crippen LogP contribution is 2.05. The first-order valence-corrected chi connectivity index (χ1v) is 3.50. The molecule has 1 rings (SSSR count). The second-order valence-corrected chi connectivity index (χ2v) is 1.89. The molecule has 0 unspecified atom stereocenters. The van der Waals surface area contributed by atoms with Gasteiger partial charge in [0.25, 0.3) is 0 Å². The standard InChI is InChI=1S/C7H8O.C3H4O/c1-8-7-5-3-2-4-6-7;1-2-3-4/h2-6H,1H3;2-3H,1H2. The van der Waals surface area contributed by atoms with Gasteiger partial charge in [0.15, 0.2) is 0 Å². The Balaban J connectivity index is 0.000000261. The summed E-state index contributed by atoms with van der Waals surface area (Å²) < 4.78 is 4.91. The van der Waals surface area contributed by atoms with Gasteiger partial charge in [-0.2, -0.15) is 0 Å². The van der Waals surface area contributed by atoms with Crippen LogP contribution in [0.1, 0.15) is 0 Å². The molecule has 0 N–H and O–H groups in total. The van der Waals surface area contributed by atoms with Gasteiger partial charge >= 0.3 is 0 Å². The molecule has 0 fully saturated rings. The predicted octanol–water partition coefficient (Wildman–Crippen LogP) is 2.07. The van der Waals surface area contributed by atoms with Crippen LogP contribution in [0, 0.1) is 0 Å². The van der Waals surface area contributed by atoms with E-state index in [4.69, 9.17) is 9.53 Å². The van der Waals surface area contributed by atoms with Crippen molar-refractivity contribution in [3.05, 3.63) is 43.0 Å². The van der Waals surface area contributed by atoms with E-state index < -0.39 is 0 Å². The minimum atomic E-state index is 0.639. The Morgan fingerprint density at radius 3 is 2.08 bits per heavy atom. The monoisotopic (exact) mass is 164 g/mol. The highest BCUT2D eigenvalue weighted by molar-refractivity contribution is 5.63. The third-order valence-corrected chi connectivity index (χ3v) is 1.08. The van der Waals surface area contributed by atoms with E-state index in [0.29, 0.717) is 6.29 Å². The van der Waals surface area contributed by atoms with Crippen LogP contribution in [0.5, 0.6) is 5.75 Å². The van der Waals surface area contributed by atoms with Crippen LogP contribution in [-0.2, 0) is 4.79 Å². The molecule has 0 atom stereocenters. The number of carbonyl (C=O) groups excluding carboxylic acids is 1. The molecule has 0 saturated carbocycles. The Bertz CT molecular complexity index is 211. The molecule has 0 spiro atoms. The van der Waals surface area contributed by atoms with Gasteiger partial charge in [-0.25, -0.2) is 0 Å². The molecule has 12 heavy (non-hydrogen) atoms. The largest absolute Gasteiger partial charge is 0.497 e. The lowest BCUT2D eigenvalue weighted by atomic mass is 10.3. The van der Waals surface area contributed by atoms with Crippen molar-refractivity contribution in [3.8, 4) is 5.75 Å². The average molecular weight is 164 g/mol. The van der Waals surface area contributed by atoms with Crippen molar-refractivity contribution in [3.63, 3.8) is 0 Å². The molecule has 0 aliphatic rings. The van der Waals surface area contributed by atoms with Crippen LogP contribution in [0.15, 0.2) is 43.0 Å². The van der Waals surface area contributed by atoms with Crippen molar-refractivity contribution in [2.45, 2.75) is 0 Å². The Kier molecular flexibility index (Phi) is 6.55. The fourth-order valence-corrected chi connectivity index (χ4v) is 0.557. The molecule has 0 aliphatic heterocycles. The van der Waals surface area contributed by atoms with Crippen molar-refractivity contribution in [2.24, 2.45) is 0 Å². The minimum Gasteiger partial charge on any atom is -0.497 e. The third-order valence-electron chi connectivity index (χ3n) is 1.08. The summed E-state index contributed by atoms with van der Waals surface area (Å²) >= 11 is 0. The number of aldehydes is 1. The van der Waals surface area contributed by atoms with Gasteiger partial charge in [-0.1, -0.05) is 24.8 Å². The van der Waals surface area contributed by atoms with E-state index in [1.165, 1.54) is 6.08 Å². The number of para-hydroxylation sites is 1. The predicted molar refractivity (Wildman–Crippen MR) is 49.3 cm³/mol. The Hall–Kier alpha value is -1.57. The van der Waals surface area contributed by atoms with Crippen LogP contribution in [0.25, 0.3) is 0 Å². The summed E-state index contributed by atoms with van der Waals surface area (Å²) in [5.74, 6) is 0.910. The van der Waals surface area contributed by atoms with Gasteiger partial charge in [0.05, 0.1) is 7.11 Å². The Labute approximate surface area is 72.5 Å². The molecule has 0 aromatic heterocycles. The van der Waals surface area contributed by atoms with Crippen molar-refractivity contribution < 1.29 is 9.53 Å². The fraction of sp³-hybridized carbons (Fsp3) is 0.100. The molecule has 0 saturated heterocycles. The van der Waals surface area contributed by atoms with Crippen LogP contribution in [-0.4, -0.2) is 13.4 Å². The van der Waals surface area contributed by atoms with Gasteiger partial charge in [-0.3, -0.25) is 4.79 Å². The molecule has 1 aromatic rings. The molecular weight excluding hydrogens is 152 g/mol. The Morgan fingerprint density at radius 1 is 1.33 bits per heavy atom. The lowest BCUT2D eigenvalue weighted by Crippen LogP contribution is -1.78. The number of carbonyl (C=O) groups is 1. The maximum absolute atomic E-state index is 9.06. The van der Waals surface area contributed by atoms with E-state index in [9.17, 15) is 0 Å². The van der Waals surface area contributed by atoms with Crippen molar-refractivity contribution in [2.75, 3.05) is 7.11 Å². The zero-order valence-corrected chi connectivity index (χ0v) is 7.07. The highest BCUT2D eigenvalue weighted by Gasteiger charge is 1.80. The number of methoxy groups -OCH3 is 1. The third kappa shape index (κ3) is 5.23. The normalized spacial score (nSPS) is 7.42. The Morgan fingerprint density at radius 2 is 1.83 bits per heavy atom. The lowest BCUT2D eigenvalue weighted by molar-refractivity contribution is -0.104. The summed E-state index contributed by atoms with van der Waals surface area (Å²) in [6.45, 7) is 3.11. The zero-order chi connectivity index (χ0) is 9.23. The van der Waals surface area contributed by atoms with Crippen LogP contribution in [0.4, 0.5) is 0 Å². The highest BCUT2D eigenvalue weighted by atomic mass is 16.5. The average Bonchev–Trinajstić information content (AvgIpc) is 2.19. The zero-order valence-electron chi connectivity index (χ0n) is 7.07. The van der Waals surface area contributed by atoms with Crippen molar-refractivity contribution in [1.29, 1.82) is 0 Å². The van der Waals surface area contributed by atoms with Crippen LogP contribution in [0.2, 0.25) is 0 Å². The molecule has 0 amide bonds. The number of hydrogen-bond donors (Lipinski definition) is 0. The number of benzene rings is 1. The summed E-state index contributed by atoms with van der Waals surface area (Å²) in [7, 11) is 1.66. The van der Waals surface area contributed by atoms with Crippen LogP contribution >= 0.6 is 0 Å². The van der Waals surface area contributed by atoms with Gasteiger partial charge < -0.3 is 4.74 Å². The lowest BCUT2D eigenvalue weighted by Gasteiger charge is -1.93. The number of allylic oxidation sites excluding steroid dienone is 1. The van der Waals surface area contributed by atoms with E-state index >= 15 is 0 Å². The van der Waals surface area contributed by atoms with Gasteiger partial charge in [-0.15, -0.1) is 0 Å².